The molecule has 1 amide bonds. The van der Waals surface area contributed by atoms with Gasteiger partial charge in [0.25, 0.3) is 0 Å². The Labute approximate surface area is 106 Å². The third-order valence-electron chi connectivity index (χ3n) is 2.60. The summed E-state index contributed by atoms with van der Waals surface area (Å²) in [5, 5.41) is 11.8. The van der Waals surface area contributed by atoms with E-state index in [1.54, 1.807) is 12.1 Å². The molecule has 0 aromatic heterocycles. The first-order valence-corrected chi connectivity index (χ1v) is 5.88. The van der Waals surface area contributed by atoms with E-state index in [4.69, 9.17) is 5.11 Å². The second kappa shape index (κ2) is 6.91. The zero-order valence-electron chi connectivity index (χ0n) is 10.6. The van der Waals surface area contributed by atoms with Crippen molar-refractivity contribution in [3.8, 4) is 0 Å². The summed E-state index contributed by atoms with van der Waals surface area (Å²) in [5.41, 5.74) is 0.621. The number of hydrogen-bond acceptors (Lipinski definition) is 2. The number of carbonyl (C=O) groups excluding carboxylic acids is 1. The Morgan fingerprint density at radius 3 is 2.78 bits per heavy atom. The summed E-state index contributed by atoms with van der Waals surface area (Å²) in [6.07, 6.45) is 2.87. The van der Waals surface area contributed by atoms with Crippen molar-refractivity contribution in [2.75, 3.05) is 6.61 Å². The number of nitrogens with one attached hydrogen (secondary N) is 1. The lowest BCUT2D eigenvalue weighted by Crippen LogP contribution is -2.40. The fourth-order valence-corrected chi connectivity index (χ4v) is 1.44. The summed E-state index contributed by atoms with van der Waals surface area (Å²) in [6, 6.07) is 5.71. The zero-order valence-corrected chi connectivity index (χ0v) is 10.6. The maximum Gasteiger partial charge on any atom is 0.244 e. The van der Waals surface area contributed by atoms with Crippen LogP contribution in [0.25, 0.3) is 6.08 Å². The van der Waals surface area contributed by atoms with Crippen LogP contribution in [0.4, 0.5) is 4.39 Å². The number of halogens is 1. The van der Waals surface area contributed by atoms with Crippen LogP contribution in [-0.4, -0.2) is 23.7 Å². The fraction of sp³-hybridized carbons (Fsp3) is 0.357. The molecule has 1 rings (SSSR count). The van der Waals surface area contributed by atoms with Gasteiger partial charge in [0, 0.05) is 6.08 Å². The Balaban J connectivity index is 2.59. The highest BCUT2D eigenvalue weighted by Crippen LogP contribution is 2.05. The Morgan fingerprint density at radius 2 is 2.22 bits per heavy atom. The van der Waals surface area contributed by atoms with Crippen molar-refractivity contribution in [3.05, 3.63) is 41.7 Å². The van der Waals surface area contributed by atoms with Gasteiger partial charge in [-0.15, -0.1) is 0 Å². The third kappa shape index (κ3) is 4.67. The lowest BCUT2D eigenvalue weighted by atomic mass is 10.1. The van der Waals surface area contributed by atoms with Crippen molar-refractivity contribution < 1.29 is 14.3 Å². The summed E-state index contributed by atoms with van der Waals surface area (Å²) in [5.74, 6) is -0.485. The molecule has 4 heteroatoms. The van der Waals surface area contributed by atoms with Gasteiger partial charge in [0.1, 0.15) is 5.82 Å². The van der Waals surface area contributed by atoms with Gasteiger partial charge in [0.05, 0.1) is 12.6 Å². The number of rotatable bonds is 5. The SMILES string of the molecule is CC(C)[C@@H](CO)NC(=O)C=Cc1cccc(F)c1. The highest BCUT2D eigenvalue weighted by Gasteiger charge is 2.13. The monoisotopic (exact) mass is 251 g/mol. The molecular formula is C14H18FNO2. The van der Waals surface area contributed by atoms with Gasteiger partial charge in [0.15, 0.2) is 0 Å². The van der Waals surface area contributed by atoms with Crippen LogP contribution in [0.5, 0.6) is 0 Å². The highest BCUT2D eigenvalue weighted by atomic mass is 19.1. The molecule has 0 aliphatic heterocycles. The fourth-order valence-electron chi connectivity index (χ4n) is 1.44. The first kappa shape index (κ1) is 14.4. The van der Waals surface area contributed by atoms with Crippen LogP contribution < -0.4 is 5.32 Å². The average Bonchev–Trinajstić information content (AvgIpc) is 2.33. The maximum absolute atomic E-state index is 12.9. The standard InChI is InChI=1S/C14H18FNO2/c1-10(2)13(9-17)16-14(18)7-6-11-4-3-5-12(15)8-11/h3-8,10,13,17H,9H2,1-2H3,(H,16,18)/t13-/m1/s1. The molecule has 18 heavy (non-hydrogen) atoms. The Kier molecular flexibility index (Phi) is 5.52. The van der Waals surface area contributed by atoms with Crippen LogP contribution in [0.15, 0.2) is 30.3 Å². The molecule has 0 spiro atoms. The predicted octanol–water partition coefficient (Wildman–Crippen LogP) is 1.97. The second-order valence-corrected chi connectivity index (χ2v) is 4.43. The minimum Gasteiger partial charge on any atom is -0.394 e. The molecular weight excluding hydrogens is 233 g/mol. The highest BCUT2D eigenvalue weighted by molar-refractivity contribution is 5.91. The lowest BCUT2D eigenvalue weighted by Gasteiger charge is -2.18. The minimum absolute atomic E-state index is 0.1000. The molecule has 0 bridgehead atoms. The van der Waals surface area contributed by atoms with Crippen molar-refractivity contribution >= 4 is 12.0 Å². The van der Waals surface area contributed by atoms with Gasteiger partial charge in [-0.05, 0) is 29.7 Å². The van der Waals surface area contributed by atoms with Crippen molar-refractivity contribution in [1.82, 2.24) is 5.32 Å². The summed E-state index contributed by atoms with van der Waals surface area (Å²) in [7, 11) is 0. The first-order chi connectivity index (χ1) is 8.52. The van der Waals surface area contributed by atoms with E-state index < -0.39 is 0 Å². The smallest absolute Gasteiger partial charge is 0.244 e. The zero-order chi connectivity index (χ0) is 13.5. The summed E-state index contributed by atoms with van der Waals surface area (Å²) in [6.45, 7) is 3.73. The predicted molar refractivity (Wildman–Crippen MR) is 69.3 cm³/mol. The van der Waals surface area contributed by atoms with E-state index in [0.29, 0.717) is 5.56 Å². The molecule has 0 radical (unpaired) electrons. The largest absolute Gasteiger partial charge is 0.394 e. The number of aliphatic hydroxyl groups excluding tert-OH is 1. The van der Waals surface area contributed by atoms with Crippen molar-refractivity contribution in [1.29, 1.82) is 0 Å². The Bertz CT molecular complexity index is 430. The van der Waals surface area contributed by atoms with Crippen LogP contribution in [0.3, 0.4) is 0 Å². The van der Waals surface area contributed by atoms with E-state index in [2.05, 4.69) is 5.32 Å². The normalized spacial score (nSPS) is 12.9. The molecule has 0 saturated carbocycles. The quantitative estimate of drug-likeness (QED) is 0.786. The molecule has 0 heterocycles. The van der Waals surface area contributed by atoms with E-state index in [1.165, 1.54) is 24.3 Å². The van der Waals surface area contributed by atoms with Gasteiger partial charge in [-0.25, -0.2) is 4.39 Å². The van der Waals surface area contributed by atoms with Gasteiger partial charge in [-0.1, -0.05) is 26.0 Å². The lowest BCUT2D eigenvalue weighted by molar-refractivity contribution is -0.117. The third-order valence-corrected chi connectivity index (χ3v) is 2.60. The van der Waals surface area contributed by atoms with E-state index in [9.17, 15) is 9.18 Å². The van der Waals surface area contributed by atoms with Crippen LogP contribution in [0.1, 0.15) is 19.4 Å². The molecule has 0 aliphatic rings. The summed E-state index contributed by atoms with van der Waals surface area (Å²) >= 11 is 0. The van der Waals surface area contributed by atoms with Crippen LogP contribution in [0, 0.1) is 11.7 Å². The van der Waals surface area contributed by atoms with Crippen molar-refractivity contribution in [2.45, 2.75) is 19.9 Å². The molecule has 2 N–H and O–H groups in total. The maximum atomic E-state index is 12.9. The van der Waals surface area contributed by atoms with Gasteiger partial charge in [-0.2, -0.15) is 0 Å². The van der Waals surface area contributed by atoms with Crippen molar-refractivity contribution in [3.63, 3.8) is 0 Å². The topological polar surface area (TPSA) is 49.3 Å². The molecule has 0 saturated heterocycles. The van der Waals surface area contributed by atoms with Crippen LogP contribution >= 0.6 is 0 Å². The van der Waals surface area contributed by atoms with Crippen molar-refractivity contribution in [2.24, 2.45) is 5.92 Å². The number of carbonyl (C=O) groups is 1. The van der Waals surface area contributed by atoms with E-state index in [1.807, 2.05) is 13.8 Å². The molecule has 0 unspecified atom stereocenters. The van der Waals surface area contributed by atoms with E-state index in [-0.39, 0.29) is 30.3 Å². The van der Waals surface area contributed by atoms with Crippen LogP contribution in [0.2, 0.25) is 0 Å². The van der Waals surface area contributed by atoms with Gasteiger partial charge < -0.3 is 10.4 Å². The van der Waals surface area contributed by atoms with E-state index in [0.717, 1.165) is 0 Å². The van der Waals surface area contributed by atoms with Gasteiger partial charge >= 0.3 is 0 Å². The minimum atomic E-state index is -0.340. The van der Waals surface area contributed by atoms with Crippen LogP contribution in [-0.2, 0) is 4.79 Å². The summed E-state index contributed by atoms with van der Waals surface area (Å²) in [4.78, 5) is 11.6. The number of amides is 1. The molecule has 3 nitrogen and oxygen atoms in total. The second-order valence-electron chi connectivity index (χ2n) is 4.43. The molecule has 0 aliphatic carbocycles. The van der Waals surface area contributed by atoms with Gasteiger partial charge in [0.2, 0.25) is 5.91 Å². The molecule has 98 valence electrons. The average molecular weight is 251 g/mol. The number of benzene rings is 1. The number of hydrogen-bond donors (Lipinski definition) is 2. The Morgan fingerprint density at radius 1 is 1.50 bits per heavy atom. The molecule has 1 aromatic rings. The molecule has 1 aromatic carbocycles. The number of aliphatic hydroxyl groups is 1. The molecule has 1 atom stereocenters. The molecule has 0 fully saturated rings. The van der Waals surface area contributed by atoms with Gasteiger partial charge in [-0.3, -0.25) is 4.79 Å². The van der Waals surface area contributed by atoms with E-state index >= 15 is 0 Å². The summed E-state index contributed by atoms with van der Waals surface area (Å²) < 4.78 is 12.9. The Hall–Kier alpha value is -1.68. The first-order valence-electron chi connectivity index (χ1n) is 5.88.